The zero-order valence-corrected chi connectivity index (χ0v) is 15.9. The molecule has 2 aromatic carbocycles. The second kappa shape index (κ2) is 5.80. The first-order valence-corrected chi connectivity index (χ1v) is 9.66. The van der Waals surface area contributed by atoms with E-state index in [9.17, 15) is 15.0 Å². The first-order chi connectivity index (χ1) is 13.4. The summed E-state index contributed by atoms with van der Waals surface area (Å²) in [5.74, 6) is -2.03. The van der Waals surface area contributed by atoms with Gasteiger partial charge in [-0.1, -0.05) is 26.0 Å². The normalized spacial score (nSPS) is 28.2. The number of rotatable bonds is 2. The molecule has 6 nitrogen and oxygen atoms in total. The highest BCUT2D eigenvalue weighted by Crippen LogP contribution is 2.58. The molecule has 0 spiro atoms. The zero-order valence-electron chi connectivity index (χ0n) is 15.9. The van der Waals surface area contributed by atoms with Crippen molar-refractivity contribution in [2.75, 3.05) is 31.2 Å². The van der Waals surface area contributed by atoms with Gasteiger partial charge in [-0.05, 0) is 35.7 Å². The third-order valence-electron chi connectivity index (χ3n) is 6.13. The molecule has 28 heavy (non-hydrogen) atoms. The Labute approximate surface area is 163 Å². The molecule has 3 aliphatic rings. The van der Waals surface area contributed by atoms with Crippen LogP contribution < -0.4 is 9.64 Å². The Morgan fingerprint density at radius 1 is 1.04 bits per heavy atom. The van der Waals surface area contributed by atoms with E-state index in [0.717, 1.165) is 24.3 Å². The highest BCUT2D eigenvalue weighted by molar-refractivity contribution is 6.10. The topological polar surface area (TPSA) is 79.2 Å². The average molecular weight is 381 g/mol. The Morgan fingerprint density at radius 3 is 2.46 bits per heavy atom. The Bertz CT molecular complexity index is 981. The molecule has 1 saturated heterocycles. The van der Waals surface area contributed by atoms with Crippen molar-refractivity contribution in [2.45, 2.75) is 31.2 Å². The van der Waals surface area contributed by atoms with Gasteiger partial charge >= 0.3 is 0 Å². The lowest BCUT2D eigenvalue weighted by molar-refractivity contribution is -0.224. The molecule has 2 unspecified atom stereocenters. The van der Waals surface area contributed by atoms with Crippen LogP contribution in [0.3, 0.4) is 0 Å². The molecule has 0 saturated carbocycles. The van der Waals surface area contributed by atoms with Crippen molar-refractivity contribution in [3.05, 3.63) is 58.7 Å². The van der Waals surface area contributed by atoms with E-state index < -0.39 is 17.2 Å². The quantitative estimate of drug-likeness (QED) is 0.831. The first kappa shape index (κ1) is 17.7. The minimum Gasteiger partial charge on any atom is -0.454 e. The maximum atomic E-state index is 13.3. The van der Waals surface area contributed by atoms with Crippen LogP contribution in [-0.4, -0.2) is 42.3 Å². The Kier molecular flexibility index (Phi) is 3.66. The summed E-state index contributed by atoms with van der Waals surface area (Å²) in [6.45, 7) is 6.84. The SMILES string of the molecule is CC(C)c1ccc2c(c1)OC1(O)c3ccc(N4CCOCC4)cc3C(=O)C21O. The lowest BCUT2D eigenvalue weighted by Gasteiger charge is -2.30. The van der Waals surface area contributed by atoms with E-state index in [1.807, 2.05) is 12.1 Å². The number of benzene rings is 2. The highest BCUT2D eigenvalue weighted by atomic mass is 16.7. The Hall–Kier alpha value is -2.41. The fourth-order valence-electron chi connectivity index (χ4n) is 4.45. The van der Waals surface area contributed by atoms with Crippen molar-refractivity contribution in [3.8, 4) is 5.75 Å². The van der Waals surface area contributed by atoms with Crippen molar-refractivity contribution in [1.82, 2.24) is 0 Å². The van der Waals surface area contributed by atoms with Gasteiger partial charge in [-0.3, -0.25) is 4.79 Å². The van der Waals surface area contributed by atoms with Crippen LogP contribution in [-0.2, 0) is 16.1 Å². The van der Waals surface area contributed by atoms with Crippen molar-refractivity contribution in [1.29, 1.82) is 0 Å². The number of hydrogen-bond acceptors (Lipinski definition) is 6. The van der Waals surface area contributed by atoms with E-state index in [2.05, 4.69) is 18.7 Å². The van der Waals surface area contributed by atoms with Crippen molar-refractivity contribution < 1.29 is 24.5 Å². The zero-order chi connectivity index (χ0) is 19.7. The molecule has 2 heterocycles. The molecule has 0 bridgehead atoms. The number of fused-ring (bicyclic) bond motifs is 5. The molecule has 0 amide bonds. The van der Waals surface area contributed by atoms with E-state index in [4.69, 9.17) is 9.47 Å². The van der Waals surface area contributed by atoms with E-state index in [-0.39, 0.29) is 5.92 Å². The summed E-state index contributed by atoms with van der Waals surface area (Å²) < 4.78 is 11.2. The van der Waals surface area contributed by atoms with E-state index in [0.29, 0.717) is 35.7 Å². The third-order valence-corrected chi connectivity index (χ3v) is 6.13. The van der Waals surface area contributed by atoms with Crippen LogP contribution in [0.1, 0.15) is 46.8 Å². The number of ketones is 1. The third kappa shape index (κ3) is 2.11. The minimum atomic E-state index is -2.14. The van der Waals surface area contributed by atoms with Gasteiger partial charge in [-0.25, -0.2) is 0 Å². The van der Waals surface area contributed by atoms with Gasteiger partial charge in [-0.15, -0.1) is 0 Å². The number of anilines is 1. The highest BCUT2D eigenvalue weighted by Gasteiger charge is 2.70. The fraction of sp³-hybridized carbons (Fsp3) is 0.409. The number of nitrogens with zero attached hydrogens (tertiary/aromatic N) is 1. The standard InChI is InChI=1S/C22H23NO5/c1-13(2)14-3-5-18-19(11-14)28-22(26)17-6-4-15(23-7-9-27-10-8-23)12-16(17)20(24)21(18,22)25/h3-6,11-13,25-26H,7-10H2,1-2H3. The van der Waals surface area contributed by atoms with Gasteiger partial charge in [0.25, 0.3) is 5.79 Å². The molecule has 2 N–H and O–H groups in total. The van der Waals surface area contributed by atoms with Crippen LogP contribution in [0.15, 0.2) is 36.4 Å². The van der Waals surface area contributed by atoms with Gasteiger partial charge in [0.15, 0.2) is 0 Å². The molecule has 146 valence electrons. The van der Waals surface area contributed by atoms with Crippen LogP contribution in [0.25, 0.3) is 0 Å². The van der Waals surface area contributed by atoms with Gasteiger partial charge in [0, 0.05) is 35.5 Å². The van der Waals surface area contributed by atoms with E-state index >= 15 is 0 Å². The summed E-state index contributed by atoms with van der Waals surface area (Å²) in [4.78, 5) is 15.4. The number of morpholine rings is 1. The second-order valence-corrected chi connectivity index (χ2v) is 8.03. The first-order valence-electron chi connectivity index (χ1n) is 9.66. The molecular weight excluding hydrogens is 358 g/mol. The molecule has 1 fully saturated rings. The Morgan fingerprint density at radius 2 is 1.75 bits per heavy atom. The summed E-state index contributed by atoms with van der Waals surface area (Å²) >= 11 is 0. The smallest absolute Gasteiger partial charge is 0.276 e. The lowest BCUT2D eigenvalue weighted by Crippen LogP contribution is -2.48. The van der Waals surface area contributed by atoms with Crippen molar-refractivity contribution >= 4 is 11.5 Å². The lowest BCUT2D eigenvalue weighted by atomic mass is 9.86. The van der Waals surface area contributed by atoms with Crippen LogP contribution in [0.5, 0.6) is 5.75 Å². The van der Waals surface area contributed by atoms with Gasteiger partial charge in [0.05, 0.1) is 13.2 Å². The molecule has 0 radical (unpaired) electrons. The number of carbonyl (C=O) groups excluding carboxylic acids is 1. The number of aliphatic hydroxyl groups is 2. The maximum Gasteiger partial charge on any atom is 0.276 e. The predicted octanol–water partition coefficient (Wildman–Crippen LogP) is 2.27. The van der Waals surface area contributed by atoms with Crippen molar-refractivity contribution in [2.24, 2.45) is 0 Å². The van der Waals surface area contributed by atoms with Gasteiger partial charge < -0.3 is 24.6 Å². The van der Waals surface area contributed by atoms with Crippen molar-refractivity contribution in [3.63, 3.8) is 0 Å². The average Bonchev–Trinajstić information content (AvgIpc) is 3.04. The number of carbonyl (C=O) groups is 1. The predicted molar refractivity (Wildman–Crippen MR) is 103 cm³/mol. The second-order valence-electron chi connectivity index (χ2n) is 8.03. The molecular formula is C22H23NO5. The number of Topliss-reactive ketones (excluding diaryl/α,β-unsaturated/α-hetero) is 1. The molecule has 2 aliphatic heterocycles. The fourth-order valence-corrected chi connectivity index (χ4v) is 4.45. The summed E-state index contributed by atoms with van der Waals surface area (Å²) in [6, 6.07) is 10.6. The monoisotopic (exact) mass is 381 g/mol. The van der Waals surface area contributed by atoms with E-state index in [1.54, 1.807) is 24.3 Å². The molecule has 2 atom stereocenters. The number of hydrogen-bond donors (Lipinski definition) is 2. The van der Waals surface area contributed by atoms with Crippen LogP contribution in [0.4, 0.5) is 5.69 Å². The van der Waals surface area contributed by atoms with Gasteiger partial charge in [0.1, 0.15) is 5.75 Å². The molecule has 6 heteroatoms. The molecule has 2 aromatic rings. The Balaban J connectivity index is 1.60. The minimum absolute atomic E-state index is 0.262. The van der Waals surface area contributed by atoms with E-state index in [1.165, 1.54) is 0 Å². The summed E-state index contributed by atoms with van der Waals surface area (Å²) in [6.07, 6.45) is 0. The van der Waals surface area contributed by atoms with Crippen LogP contribution in [0, 0.1) is 0 Å². The maximum absolute atomic E-state index is 13.3. The molecule has 5 rings (SSSR count). The molecule has 0 aromatic heterocycles. The van der Waals surface area contributed by atoms with Gasteiger partial charge in [-0.2, -0.15) is 0 Å². The van der Waals surface area contributed by atoms with Crippen LogP contribution >= 0.6 is 0 Å². The van der Waals surface area contributed by atoms with Crippen LogP contribution in [0.2, 0.25) is 0 Å². The van der Waals surface area contributed by atoms with Gasteiger partial charge in [0.2, 0.25) is 11.4 Å². The summed E-state index contributed by atoms with van der Waals surface area (Å²) in [5.41, 5.74) is 0.670. The summed E-state index contributed by atoms with van der Waals surface area (Å²) in [5, 5.41) is 22.7. The number of ether oxygens (including phenoxy) is 2. The largest absolute Gasteiger partial charge is 0.454 e. The molecule has 1 aliphatic carbocycles. The summed E-state index contributed by atoms with van der Waals surface area (Å²) in [7, 11) is 0.